The Balaban J connectivity index is 1.68. The lowest BCUT2D eigenvalue weighted by atomic mass is 9.64. The summed E-state index contributed by atoms with van der Waals surface area (Å²) in [5, 5.41) is 5.48. The summed E-state index contributed by atoms with van der Waals surface area (Å²) in [4.78, 5) is 49.9. The third kappa shape index (κ3) is 3.85. The van der Waals surface area contributed by atoms with Gasteiger partial charge >= 0.3 is 6.03 Å². The number of carbonyl (C=O) groups is 4. The minimum absolute atomic E-state index is 0.0684. The number of benzene rings is 1. The lowest BCUT2D eigenvalue weighted by molar-refractivity contribution is -0.136. The normalized spacial score (nSPS) is 26.2. The molecule has 4 N–H and O–H groups in total. The van der Waals surface area contributed by atoms with Crippen LogP contribution in [0.5, 0.6) is 0 Å². The lowest BCUT2D eigenvalue weighted by Gasteiger charge is -2.43. The Morgan fingerprint density at radius 3 is 2.43 bits per heavy atom. The Bertz CT molecular complexity index is 833. The number of hydrogen-bond acceptors (Lipinski definition) is 4. The van der Waals surface area contributed by atoms with Crippen molar-refractivity contribution in [3.8, 4) is 0 Å². The van der Waals surface area contributed by atoms with Gasteiger partial charge in [0.05, 0.1) is 0 Å². The quantitative estimate of drug-likeness (QED) is 0.684. The van der Waals surface area contributed by atoms with E-state index in [0.717, 1.165) is 11.3 Å². The summed E-state index contributed by atoms with van der Waals surface area (Å²) in [6.45, 7) is 5.90. The standard InChI is InChI=1S/C20H26N4O4/c1-12-8-19(2,3)11-20(9-12)17(27)24(18(28)23-20)10-15(25)22-14-6-4-13(5-7-14)16(21)26/h4-7,12H,8-11H2,1-3H3,(H2,21,26)(H,22,25)(H,23,28)/t12-,20+/m1/s1. The molecule has 2 aliphatic rings. The van der Waals surface area contributed by atoms with Crippen LogP contribution >= 0.6 is 0 Å². The van der Waals surface area contributed by atoms with Gasteiger partial charge in [-0.15, -0.1) is 0 Å². The Morgan fingerprint density at radius 1 is 1.21 bits per heavy atom. The van der Waals surface area contributed by atoms with Crippen molar-refractivity contribution in [1.29, 1.82) is 0 Å². The number of primary amides is 1. The Labute approximate surface area is 163 Å². The molecule has 2 fully saturated rings. The van der Waals surface area contributed by atoms with Crippen LogP contribution in [0.4, 0.5) is 10.5 Å². The molecule has 1 aliphatic heterocycles. The van der Waals surface area contributed by atoms with Crippen LogP contribution in [0.2, 0.25) is 0 Å². The molecule has 150 valence electrons. The van der Waals surface area contributed by atoms with Gasteiger partial charge in [-0.3, -0.25) is 19.3 Å². The summed E-state index contributed by atoms with van der Waals surface area (Å²) in [6, 6.07) is 5.53. The molecular formula is C20H26N4O4. The van der Waals surface area contributed by atoms with Crippen LogP contribution in [-0.4, -0.2) is 40.7 Å². The van der Waals surface area contributed by atoms with E-state index in [9.17, 15) is 19.2 Å². The van der Waals surface area contributed by atoms with Crippen molar-refractivity contribution in [1.82, 2.24) is 10.2 Å². The number of nitrogens with two attached hydrogens (primary N) is 1. The average molecular weight is 386 g/mol. The van der Waals surface area contributed by atoms with Crippen molar-refractivity contribution in [3.05, 3.63) is 29.8 Å². The number of rotatable bonds is 4. The molecule has 28 heavy (non-hydrogen) atoms. The summed E-state index contributed by atoms with van der Waals surface area (Å²) >= 11 is 0. The van der Waals surface area contributed by atoms with E-state index >= 15 is 0 Å². The van der Waals surface area contributed by atoms with Gasteiger partial charge in [0.25, 0.3) is 5.91 Å². The van der Waals surface area contributed by atoms with Crippen LogP contribution in [0.15, 0.2) is 24.3 Å². The minimum atomic E-state index is -0.929. The molecule has 8 heteroatoms. The molecule has 1 aliphatic carbocycles. The first kappa shape index (κ1) is 19.9. The number of nitrogens with one attached hydrogen (secondary N) is 2. The van der Waals surface area contributed by atoms with Gasteiger partial charge in [0.2, 0.25) is 11.8 Å². The van der Waals surface area contributed by atoms with Crippen molar-refractivity contribution in [2.24, 2.45) is 17.1 Å². The van der Waals surface area contributed by atoms with Gasteiger partial charge in [0.15, 0.2) is 0 Å². The summed E-state index contributed by atoms with van der Waals surface area (Å²) in [5.74, 6) is -1.09. The predicted octanol–water partition coefficient (Wildman–Crippen LogP) is 1.86. The van der Waals surface area contributed by atoms with E-state index in [2.05, 4.69) is 31.4 Å². The second kappa shape index (κ2) is 6.92. The number of carbonyl (C=O) groups excluding carboxylic acids is 4. The van der Waals surface area contributed by atoms with Crippen molar-refractivity contribution < 1.29 is 19.2 Å². The molecule has 5 amide bonds. The molecule has 1 aromatic rings. The number of amides is 5. The van der Waals surface area contributed by atoms with E-state index in [-0.39, 0.29) is 17.9 Å². The van der Waals surface area contributed by atoms with E-state index in [1.807, 2.05) is 0 Å². The fourth-order valence-corrected chi connectivity index (χ4v) is 4.71. The maximum absolute atomic E-state index is 13.0. The third-order valence-corrected chi connectivity index (χ3v) is 5.38. The average Bonchev–Trinajstić information content (AvgIpc) is 2.77. The second-order valence-electron chi connectivity index (χ2n) is 8.75. The zero-order chi connectivity index (χ0) is 20.7. The number of anilines is 1. The van der Waals surface area contributed by atoms with E-state index < -0.39 is 23.4 Å². The molecular weight excluding hydrogens is 360 g/mol. The largest absolute Gasteiger partial charge is 0.366 e. The first-order chi connectivity index (χ1) is 13.0. The monoisotopic (exact) mass is 386 g/mol. The van der Waals surface area contributed by atoms with Gasteiger partial charge in [-0.1, -0.05) is 20.8 Å². The first-order valence-corrected chi connectivity index (χ1v) is 9.35. The zero-order valence-electron chi connectivity index (χ0n) is 16.4. The first-order valence-electron chi connectivity index (χ1n) is 9.35. The Morgan fingerprint density at radius 2 is 1.86 bits per heavy atom. The molecule has 1 spiro atoms. The van der Waals surface area contributed by atoms with Gasteiger partial charge in [-0.25, -0.2) is 4.79 Å². The Kier molecular flexibility index (Phi) is 4.91. The van der Waals surface area contributed by atoms with Crippen molar-refractivity contribution >= 4 is 29.4 Å². The van der Waals surface area contributed by atoms with Gasteiger partial charge in [0.1, 0.15) is 12.1 Å². The van der Waals surface area contributed by atoms with E-state index in [0.29, 0.717) is 30.0 Å². The Hall–Kier alpha value is -2.90. The summed E-state index contributed by atoms with van der Waals surface area (Å²) in [6.07, 6.45) is 2.12. The van der Waals surface area contributed by atoms with Gasteiger partial charge in [-0.05, 0) is 54.9 Å². The van der Waals surface area contributed by atoms with Crippen LogP contribution in [-0.2, 0) is 9.59 Å². The molecule has 0 bridgehead atoms. The topological polar surface area (TPSA) is 122 Å². The van der Waals surface area contributed by atoms with E-state index in [4.69, 9.17) is 5.73 Å². The lowest BCUT2D eigenvalue weighted by Crippen LogP contribution is -2.54. The van der Waals surface area contributed by atoms with Crippen LogP contribution in [0.3, 0.4) is 0 Å². The van der Waals surface area contributed by atoms with Crippen LogP contribution in [0.1, 0.15) is 50.4 Å². The molecule has 8 nitrogen and oxygen atoms in total. The highest BCUT2D eigenvalue weighted by Crippen LogP contribution is 2.46. The highest BCUT2D eigenvalue weighted by molar-refractivity contribution is 6.10. The second-order valence-corrected chi connectivity index (χ2v) is 8.75. The van der Waals surface area contributed by atoms with Gasteiger partial charge in [0, 0.05) is 11.3 Å². The smallest absolute Gasteiger partial charge is 0.325 e. The maximum Gasteiger partial charge on any atom is 0.325 e. The summed E-state index contributed by atoms with van der Waals surface area (Å²) in [5.41, 5.74) is 4.96. The third-order valence-electron chi connectivity index (χ3n) is 5.38. The van der Waals surface area contributed by atoms with Crippen molar-refractivity contribution in [3.63, 3.8) is 0 Å². The van der Waals surface area contributed by atoms with Crippen molar-refractivity contribution in [2.75, 3.05) is 11.9 Å². The molecule has 1 saturated heterocycles. The number of hydrogen-bond donors (Lipinski definition) is 3. The molecule has 1 saturated carbocycles. The number of nitrogens with zero attached hydrogens (tertiary/aromatic N) is 1. The van der Waals surface area contributed by atoms with Crippen LogP contribution in [0, 0.1) is 11.3 Å². The molecule has 3 rings (SSSR count). The van der Waals surface area contributed by atoms with E-state index in [1.165, 1.54) is 24.3 Å². The molecule has 1 aromatic carbocycles. The predicted molar refractivity (Wildman–Crippen MR) is 103 cm³/mol. The van der Waals surface area contributed by atoms with Crippen LogP contribution < -0.4 is 16.4 Å². The molecule has 1 heterocycles. The summed E-state index contributed by atoms with van der Waals surface area (Å²) in [7, 11) is 0. The van der Waals surface area contributed by atoms with Gasteiger partial charge in [-0.2, -0.15) is 0 Å². The highest BCUT2D eigenvalue weighted by atomic mass is 16.2. The minimum Gasteiger partial charge on any atom is -0.366 e. The SMILES string of the molecule is C[C@@H]1CC(C)(C)C[C@]2(C1)NC(=O)N(CC(=O)Nc1ccc(C(N)=O)cc1)C2=O. The molecule has 0 radical (unpaired) electrons. The van der Waals surface area contributed by atoms with Crippen LogP contribution in [0.25, 0.3) is 0 Å². The van der Waals surface area contributed by atoms with Crippen molar-refractivity contribution in [2.45, 2.75) is 45.6 Å². The highest BCUT2D eigenvalue weighted by Gasteiger charge is 2.56. The maximum atomic E-state index is 13.0. The fourth-order valence-electron chi connectivity index (χ4n) is 4.71. The number of imide groups is 1. The molecule has 2 atom stereocenters. The molecule has 0 unspecified atom stereocenters. The van der Waals surface area contributed by atoms with E-state index in [1.54, 1.807) is 0 Å². The summed E-state index contributed by atoms with van der Waals surface area (Å²) < 4.78 is 0. The van der Waals surface area contributed by atoms with Gasteiger partial charge < -0.3 is 16.4 Å². The zero-order valence-corrected chi connectivity index (χ0v) is 16.4. The fraction of sp³-hybridized carbons (Fsp3) is 0.500. The number of urea groups is 1. The molecule has 0 aromatic heterocycles.